The highest BCUT2D eigenvalue weighted by Crippen LogP contribution is 2.19. The SMILES string of the molecule is CCC(C)(C)OCC(CO)OC(C)(C)CC. The Balaban J connectivity index is 4.12. The number of hydrogen-bond acceptors (Lipinski definition) is 3. The summed E-state index contributed by atoms with van der Waals surface area (Å²) in [5.41, 5.74) is -0.347. The molecule has 0 fully saturated rings. The topological polar surface area (TPSA) is 38.7 Å². The van der Waals surface area contributed by atoms with Gasteiger partial charge in [0.05, 0.1) is 24.4 Å². The Bertz CT molecular complexity index is 188. The molecule has 1 unspecified atom stereocenters. The maximum atomic E-state index is 9.25. The molecule has 0 heterocycles. The molecule has 0 bridgehead atoms. The first-order valence-electron chi connectivity index (χ1n) is 6.19. The summed E-state index contributed by atoms with van der Waals surface area (Å²) in [7, 11) is 0. The van der Waals surface area contributed by atoms with Crippen LogP contribution in [0.5, 0.6) is 0 Å². The third kappa shape index (κ3) is 6.46. The molecule has 0 spiro atoms. The van der Waals surface area contributed by atoms with Gasteiger partial charge < -0.3 is 14.6 Å². The van der Waals surface area contributed by atoms with E-state index in [0.717, 1.165) is 12.8 Å². The second-order valence-electron chi connectivity index (χ2n) is 5.46. The largest absolute Gasteiger partial charge is 0.394 e. The van der Waals surface area contributed by atoms with E-state index in [1.165, 1.54) is 0 Å². The lowest BCUT2D eigenvalue weighted by molar-refractivity contribution is -0.143. The van der Waals surface area contributed by atoms with Gasteiger partial charge in [-0.15, -0.1) is 0 Å². The molecular formula is C13H28O3. The second-order valence-corrected chi connectivity index (χ2v) is 5.46. The van der Waals surface area contributed by atoms with Crippen molar-refractivity contribution < 1.29 is 14.6 Å². The molecule has 98 valence electrons. The Morgan fingerprint density at radius 2 is 1.50 bits per heavy atom. The van der Waals surface area contributed by atoms with Gasteiger partial charge in [-0.05, 0) is 40.5 Å². The van der Waals surface area contributed by atoms with E-state index in [-0.39, 0.29) is 23.9 Å². The Kier molecular flexibility index (Phi) is 6.53. The second kappa shape index (κ2) is 6.58. The van der Waals surface area contributed by atoms with Gasteiger partial charge in [0.25, 0.3) is 0 Å². The summed E-state index contributed by atoms with van der Waals surface area (Å²) in [6.07, 6.45) is 1.63. The molecule has 0 aliphatic carbocycles. The zero-order valence-corrected chi connectivity index (χ0v) is 11.7. The van der Waals surface area contributed by atoms with Gasteiger partial charge in [-0.2, -0.15) is 0 Å². The van der Waals surface area contributed by atoms with Crippen molar-refractivity contribution in [3.05, 3.63) is 0 Å². The van der Waals surface area contributed by atoms with E-state index in [1.54, 1.807) is 0 Å². The van der Waals surface area contributed by atoms with Crippen molar-refractivity contribution >= 4 is 0 Å². The molecule has 1 N–H and O–H groups in total. The molecule has 0 rings (SSSR count). The van der Waals surface area contributed by atoms with E-state index in [1.807, 2.05) is 27.7 Å². The Hall–Kier alpha value is -0.120. The average Bonchev–Trinajstić information content (AvgIpc) is 2.24. The molecule has 0 amide bonds. The van der Waals surface area contributed by atoms with Crippen LogP contribution in [-0.2, 0) is 9.47 Å². The summed E-state index contributed by atoms with van der Waals surface area (Å²) < 4.78 is 11.5. The van der Waals surface area contributed by atoms with E-state index in [4.69, 9.17) is 9.47 Å². The summed E-state index contributed by atoms with van der Waals surface area (Å²) in [6, 6.07) is 0. The molecule has 0 aliphatic heterocycles. The van der Waals surface area contributed by atoms with Crippen molar-refractivity contribution in [3.8, 4) is 0 Å². The number of rotatable bonds is 8. The van der Waals surface area contributed by atoms with Crippen LogP contribution in [-0.4, -0.2) is 35.6 Å². The minimum Gasteiger partial charge on any atom is -0.394 e. The lowest BCUT2D eigenvalue weighted by atomic mass is 10.1. The van der Waals surface area contributed by atoms with Gasteiger partial charge in [0.1, 0.15) is 6.10 Å². The lowest BCUT2D eigenvalue weighted by Gasteiger charge is -2.31. The summed E-state index contributed by atoms with van der Waals surface area (Å²) in [4.78, 5) is 0. The zero-order chi connectivity index (χ0) is 12.8. The molecule has 0 radical (unpaired) electrons. The van der Waals surface area contributed by atoms with Crippen molar-refractivity contribution in [2.45, 2.75) is 71.7 Å². The minimum absolute atomic E-state index is 0.00320. The van der Waals surface area contributed by atoms with E-state index in [0.29, 0.717) is 6.61 Å². The monoisotopic (exact) mass is 232 g/mol. The molecule has 3 nitrogen and oxygen atoms in total. The maximum absolute atomic E-state index is 9.25. The van der Waals surface area contributed by atoms with Gasteiger partial charge in [0.2, 0.25) is 0 Å². The molecule has 0 saturated carbocycles. The van der Waals surface area contributed by atoms with E-state index in [2.05, 4.69) is 13.8 Å². The van der Waals surface area contributed by atoms with Gasteiger partial charge >= 0.3 is 0 Å². The summed E-state index contributed by atoms with van der Waals surface area (Å²) in [5.74, 6) is 0. The first-order chi connectivity index (χ1) is 7.26. The Labute approximate surface area is 100 Å². The third-order valence-corrected chi connectivity index (χ3v) is 3.05. The van der Waals surface area contributed by atoms with Crippen molar-refractivity contribution in [2.24, 2.45) is 0 Å². The molecule has 16 heavy (non-hydrogen) atoms. The first kappa shape index (κ1) is 15.9. The number of aliphatic hydroxyl groups excluding tert-OH is 1. The van der Waals surface area contributed by atoms with E-state index < -0.39 is 0 Å². The molecule has 0 aromatic carbocycles. The standard InChI is InChI=1S/C13H28O3/c1-7-12(3,4)15-10-11(9-14)16-13(5,6)8-2/h11,14H,7-10H2,1-6H3. The molecule has 0 aromatic rings. The highest BCUT2D eigenvalue weighted by Gasteiger charge is 2.24. The maximum Gasteiger partial charge on any atom is 0.105 e. The fourth-order valence-corrected chi connectivity index (χ4v) is 1.08. The molecule has 3 heteroatoms. The summed E-state index contributed by atoms with van der Waals surface area (Å²) in [5, 5.41) is 9.25. The smallest absolute Gasteiger partial charge is 0.105 e. The van der Waals surface area contributed by atoms with Crippen LogP contribution < -0.4 is 0 Å². The van der Waals surface area contributed by atoms with E-state index in [9.17, 15) is 5.11 Å². The van der Waals surface area contributed by atoms with E-state index >= 15 is 0 Å². The fraction of sp³-hybridized carbons (Fsp3) is 1.00. The van der Waals surface area contributed by atoms with Gasteiger partial charge in [0.15, 0.2) is 0 Å². The van der Waals surface area contributed by atoms with Crippen LogP contribution in [0.2, 0.25) is 0 Å². The third-order valence-electron chi connectivity index (χ3n) is 3.05. The Morgan fingerprint density at radius 1 is 1.00 bits per heavy atom. The normalized spacial score (nSPS) is 15.2. The Morgan fingerprint density at radius 3 is 1.88 bits per heavy atom. The summed E-state index contributed by atoms with van der Waals surface area (Å²) in [6.45, 7) is 12.8. The highest BCUT2D eigenvalue weighted by molar-refractivity contribution is 4.71. The molecule has 0 aliphatic rings. The molecule has 0 saturated heterocycles. The van der Waals surface area contributed by atoms with Gasteiger partial charge in [-0.1, -0.05) is 13.8 Å². The van der Waals surface area contributed by atoms with Gasteiger partial charge in [0, 0.05) is 0 Å². The number of aliphatic hydroxyl groups is 1. The van der Waals surface area contributed by atoms with Crippen LogP contribution in [0, 0.1) is 0 Å². The minimum atomic E-state index is -0.235. The summed E-state index contributed by atoms with van der Waals surface area (Å²) >= 11 is 0. The van der Waals surface area contributed by atoms with Crippen molar-refractivity contribution in [1.29, 1.82) is 0 Å². The predicted octanol–water partition coefficient (Wildman–Crippen LogP) is 2.76. The fourth-order valence-electron chi connectivity index (χ4n) is 1.08. The molecular weight excluding hydrogens is 204 g/mol. The zero-order valence-electron chi connectivity index (χ0n) is 11.7. The van der Waals surface area contributed by atoms with Gasteiger partial charge in [-0.3, -0.25) is 0 Å². The van der Waals surface area contributed by atoms with Crippen molar-refractivity contribution in [1.82, 2.24) is 0 Å². The predicted molar refractivity (Wildman–Crippen MR) is 66.7 cm³/mol. The average molecular weight is 232 g/mol. The molecule has 0 aromatic heterocycles. The van der Waals surface area contributed by atoms with Crippen LogP contribution in [0.1, 0.15) is 54.4 Å². The van der Waals surface area contributed by atoms with Crippen molar-refractivity contribution in [3.63, 3.8) is 0 Å². The first-order valence-corrected chi connectivity index (χ1v) is 6.19. The van der Waals surface area contributed by atoms with Crippen LogP contribution >= 0.6 is 0 Å². The van der Waals surface area contributed by atoms with Crippen LogP contribution in [0.4, 0.5) is 0 Å². The number of hydrogen-bond donors (Lipinski definition) is 1. The van der Waals surface area contributed by atoms with Crippen LogP contribution in [0.15, 0.2) is 0 Å². The molecule has 1 atom stereocenters. The lowest BCUT2D eigenvalue weighted by Crippen LogP contribution is -2.37. The van der Waals surface area contributed by atoms with Crippen LogP contribution in [0.3, 0.4) is 0 Å². The quantitative estimate of drug-likeness (QED) is 0.699. The van der Waals surface area contributed by atoms with Gasteiger partial charge in [-0.25, -0.2) is 0 Å². The van der Waals surface area contributed by atoms with Crippen LogP contribution in [0.25, 0.3) is 0 Å². The van der Waals surface area contributed by atoms with Crippen molar-refractivity contribution in [2.75, 3.05) is 13.2 Å². The highest BCUT2D eigenvalue weighted by atomic mass is 16.6. The number of ether oxygens (including phenoxy) is 2.